The van der Waals surface area contributed by atoms with Gasteiger partial charge in [0.05, 0.1) is 17.1 Å². The Bertz CT molecular complexity index is 402. The molecular weight excluding hydrogens is 191 g/mol. The van der Waals surface area contributed by atoms with Crippen molar-refractivity contribution in [3.63, 3.8) is 0 Å². The number of thioether (sulfide) groups is 1. The maximum Gasteiger partial charge on any atom is 0.267 e. The van der Waals surface area contributed by atoms with Gasteiger partial charge < -0.3 is 0 Å². The van der Waals surface area contributed by atoms with Crippen LogP contribution in [-0.2, 0) is 12.3 Å². The van der Waals surface area contributed by atoms with Crippen molar-refractivity contribution in [2.24, 2.45) is 0 Å². The highest BCUT2D eigenvalue weighted by Gasteiger charge is 2.22. The van der Waals surface area contributed by atoms with Gasteiger partial charge in [-0.1, -0.05) is 0 Å². The van der Waals surface area contributed by atoms with Crippen molar-refractivity contribution < 1.29 is 4.39 Å². The van der Waals surface area contributed by atoms with Gasteiger partial charge >= 0.3 is 0 Å². The third-order valence-corrected chi connectivity index (χ3v) is 3.17. The summed E-state index contributed by atoms with van der Waals surface area (Å²) in [4.78, 5) is 16.5. The average Bonchev–Trinajstić information content (AvgIpc) is 2.05. The molecule has 0 N–H and O–H groups in total. The van der Waals surface area contributed by atoms with Gasteiger partial charge in [-0.25, -0.2) is 9.37 Å². The van der Waals surface area contributed by atoms with Gasteiger partial charge in [-0.15, -0.1) is 11.8 Å². The van der Waals surface area contributed by atoms with E-state index in [4.69, 9.17) is 0 Å². The summed E-state index contributed by atoms with van der Waals surface area (Å²) in [7, 11) is 0. The van der Waals surface area contributed by atoms with Gasteiger partial charge in [0.2, 0.25) is 0 Å². The van der Waals surface area contributed by atoms with E-state index in [1.807, 2.05) is 0 Å². The molecule has 5 heteroatoms. The van der Waals surface area contributed by atoms with Gasteiger partial charge in [0.15, 0.2) is 0 Å². The molecule has 0 radical (unpaired) electrons. The molecule has 0 spiro atoms. The van der Waals surface area contributed by atoms with Crippen LogP contribution in [0.2, 0.25) is 0 Å². The van der Waals surface area contributed by atoms with Crippen LogP contribution in [0.5, 0.6) is 0 Å². The lowest BCUT2D eigenvalue weighted by Gasteiger charge is -2.18. The molecule has 0 saturated carbocycles. The minimum absolute atomic E-state index is 0.0867. The molecule has 1 aromatic heterocycles. The summed E-state index contributed by atoms with van der Waals surface area (Å²) in [5.74, 6) is 1.42. The largest absolute Gasteiger partial charge is 0.293 e. The predicted molar refractivity (Wildman–Crippen MR) is 48.8 cm³/mol. The molecule has 0 aliphatic carbocycles. The average molecular weight is 200 g/mol. The van der Waals surface area contributed by atoms with Crippen LogP contribution in [-0.4, -0.2) is 16.2 Å². The Kier molecular flexibility index (Phi) is 2.11. The summed E-state index contributed by atoms with van der Waals surface area (Å²) in [6.45, 7) is 1.33. The molecular formula is C8H9FN2OS. The lowest BCUT2D eigenvalue weighted by atomic mass is 10.4. The van der Waals surface area contributed by atoms with Crippen LogP contribution >= 0.6 is 11.8 Å². The minimum atomic E-state index is -0.522. The zero-order valence-electron chi connectivity index (χ0n) is 7.21. The first-order chi connectivity index (χ1) is 6.24. The number of rotatable bonds is 2. The molecule has 1 aliphatic rings. The monoisotopic (exact) mass is 200 g/mol. The van der Waals surface area contributed by atoms with E-state index in [1.54, 1.807) is 6.92 Å². The topological polar surface area (TPSA) is 34.9 Å². The lowest BCUT2D eigenvalue weighted by molar-refractivity contribution is 0.429. The Hall–Kier alpha value is -0.840. The fourth-order valence-corrected chi connectivity index (χ4v) is 2.11. The Morgan fingerprint density at radius 3 is 3.00 bits per heavy atom. The molecule has 0 bridgehead atoms. The van der Waals surface area contributed by atoms with Crippen LogP contribution in [0.15, 0.2) is 9.69 Å². The highest BCUT2D eigenvalue weighted by Crippen LogP contribution is 2.32. The second kappa shape index (κ2) is 3.14. The molecule has 0 aromatic carbocycles. The van der Waals surface area contributed by atoms with Crippen LogP contribution in [0.4, 0.5) is 4.39 Å². The Balaban J connectivity index is 2.56. The first kappa shape index (κ1) is 8.74. The third kappa shape index (κ3) is 1.27. The van der Waals surface area contributed by atoms with E-state index in [0.717, 1.165) is 11.4 Å². The molecule has 1 aromatic rings. The molecule has 0 saturated heterocycles. The zero-order chi connectivity index (χ0) is 9.42. The summed E-state index contributed by atoms with van der Waals surface area (Å²) < 4.78 is 13.5. The molecule has 2 heterocycles. The van der Waals surface area contributed by atoms with E-state index in [9.17, 15) is 9.18 Å². The highest BCUT2D eigenvalue weighted by molar-refractivity contribution is 7.99. The van der Waals surface area contributed by atoms with Crippen molar-refractivity contribution in [2.45, 2.75) is 24.1 Å². The molecule has 0 unspecified atom stereocenters. The Morgan fingerprint density at radius 2 is 2.46 bits per heavy atom. The number of aromatic nitrogens is 2. The van der Waals surface area contributed by atoms with E-state index in [2.05, 4.69) is 4.98 Å². The molecule has 0 atom stereocenters. The van der Waals surface area contributed by atoms with Crippen molar-refractivity contribution in [2.75, 3.05) is 6.67 Å². The van der Waals surface area contributed by atoms with E-state index in [0.29, 0.717) is 10.7 Å². The van der Waals surface area contributed by atoms with E-state index < -0.39 is 6.67 Å². The number of fused-ring (bicyclic) bond motifs is 1. The summed E-state index contributed by atoms with van der Waals surface area (Å²) in [6.07, 6.45) is 0. The van der Waals surface area contributed by atoms with Crippen LogP contribution in [0.1, 0.15) is 11.5 Å². The second-order valence-electron chi connectivity index (χ2n) is 2.87. The molecule has 0 amide bonds. The number of hydrogen-bond donors (Lipinski definition) is 0. The van der Waals surface area contributed by atoms with Crippen molar-refractivity contribution in [3.8, 4) is 0 Å². The molecule has 0 fully saturated rings. The van der Waals surface area contributed by atoms with Gasteiger partial charge in [-0.05, 0) is 6.92 Å². The predicted octanol–water partition coefficient (Wildman–Crippen LogP) is 1.13. The van der Waals surface area contributed by atoms with Gasteiger partial charge in [0, 0.05) is 5.75 Å². The summed E-state index contributed by atoms with van der Waals surface area (Å²) in [5, 5.41) is 0. The fraction of sp³-hybridized carbons (Fsp3) is 0.500. The summed E-state index contributed by atoms with van der Waals surface area (Å²) in [5.41, 5.74) is 0.777. The summed E-state index contributed by atoms with van der Waals surface area (Å²) >= 11 is 1.49. The fourth-order valence-electron chi connectivity index (χ4n) is 1.35. The third-order valence-electron chi connectivity index (χ3n) is 2.05. The lowest BCUT2D eigenvalue weighted by Crippen LogP contribution is -2.30. The van der Waals surface area contributed by atoms with Crippen molar-refractivity contribution in [1.29, 1.82) is 0 Å². The Labute approximate surface area is 79.0 Å². The molecule has 3 nitrogen and oxygen atoms in total. The van der Waals surface area contributed by atoms with Crippen LogP contribution in [0.25, 0.3) is 0 Å². The van der Waals surface area contributed by atoms with Crippen molar-refractivity contribution in [3.05, 3.63) is 21.9 Å². The maximum atomic E-state index is 12.1. The molecule has 70 valence electrons. The zero-order valence-corrected chi connectivity index (χ0v) is 8.03. The van der Waals surface area contributed by atoms with Crippen LogP contribution < -0.4 is 5.56 Å². The SMILES string of the molecule is Cc1nc2c(c(=O)n1CCF)SC2. The number of aryl methyl sites for hydroxylation is 1. The second-order valence-corrected chi connectivity index (χ2v) is 3.85. The number of alkyl halides is 1. The van der Waals surface area contributed by atoms with E-state index in [-0.39, 0.29) is 12.1 Å². The Morgan fingerprint density at radius 1 is 1.69 bits per heavy atom. The van der Waals surface area contributed by atoms with Crippen LogP contribution in [0.3, 0.4) is 0 Å². The smallest absolute Gasteiger partial charge is 0.267 e. The molecule has 2 rings (SSSR count). The minimum Gasteiger partial charge on any atom is -0.293 e. The van der Waals surface area contributed by atoms with Crippen LogP contribution in [0, 0.1) is 6.92 Å². The number of nitrogens with zero attached hydrogens (tertiary/aromatic N) is 2. The number of hydrogen-bond acceptors (Lipinski definition) is 3. The molecule has 13 heavy (non-hydrogen) atoms. The van der Waals surface area contributed by atoms with E-state index >= 15 is 0 Å². The first-order valence-corrected chi connectivity index (χ1v) is 5.01. The van der Waals surface area contributed by atoms with Crippen molar-refractivity contribution >= 4 is 11.8 Å². The highest BCUT2D eigenvalue weighted by atomic mass is 32.2. The standard InChI is InChI=1S/C8H9FN2OS/c1-5-10-6-4-13-7(6)8(12)11(5)3-2-9/h2-4H2,1H3. The number of halogens is 1. The first-order valence-electron chi connectivity index (χ1n) is 4.03. The molecule has 1 aliphatic heterocycles. The maximum absolute atomic E-state index is 12.1. The summed E-state index contributed by atoms with van der Waals surface area (Å²) in [6, 6.07) is 0. The van der Waals surface area contributed by atoms with Gasteiger partial charge in [0.1, 0.15) is 12.5 Å². The quantitative estimate of drug-likeness (QED) is 0.717. The van der Waals surface area contributed by atoms with Gasteiger partial charge in [-0.3, -0.25) is 9.36 Å². The van der Waals surface area contributed by atoms with Gasteiger partial charge in [0.25, 0.3) is 5.56 Å². The van der Waals surface area contributed by atoms with E-state index in [1.165, 1.54) is 16.3 Å². The van der Waals surface area contributed by atoms with Crippen molar-refractivity contribution in [1.82, 2.24) is 9.55 Å². The van der Waals surface area contributed by atoms with Gasteiger partial charge in [-0.2, -0.15) is 0 Å². The normalized spacial score (nSPS) is 13.7.